The molecule has 14 heteroatoms. The molecule has 2 saturated heterocycles. The Balaban J connectivity index is 2.05. The summed E-state index contributed by atoms with van der Waals surface area (Å²) in [5.74, 6) is 0.227. The minimum Gasteiger partial charge on any atom is -0.388 e. The number of phosphoric acid groups is 1. The molecule has 1 amide bonds. The van der Waals surface area contributed by atoms with Gasteiger partial charge in [-0.05, 0) is 57.7 Å². The largest absolute Gasteiger partial charge is 0.470 e. The van der Waals surface area contributed by atoms with Crippen LogP contribution in [-0.2, 0) is 23.4 Å². The van der Waals surface area contributed by atoms with Crippen LogP contribution in [-0.4, -0.2) is 99.7 Å². The summed E-state index contributed by atoms with van der Waals surface area (Å²) in [6.45, 7) is 3.05. The lowest BCUT2D eigenvalue weighted by atomic mass is 9.92. The zero-order chi connectivity index (χ0) is 25.5. The highest BCUT2D eigenvalue weighted by molar-refractivity contribution is 7.99. The van der Waals surface area contributed by atoms with E-state index in [-0.39, 0.29) is 5.91 Å². The second-order valence-electron chi connectivity index (χ2n) is 8.83. The van der Waals surface area contributed by atoms with Crippen LogP contribution in [0.25, 0.3) is 0 Å². The van der Waals surface area contributed by atoms with Gasteiger partial charge in [-0.15, -0.1) is 23.4 Å². The van der Waals surface area contributed by atoms with E-state index in [2.05, 4.69) is 15.2 Å². The first kappa shape index (κ1) is 30.2. The Hall–Kier alpha value is 0.0200. The molecule has 34 heavy (non-hydrogen) atoms. The van der Waals surface area contributed by atoms with Gasteiger partial charge >= 0.3 is 7.82 Å². The fourth-order valence-corrected chi connectivity index (χ4v) is 6.05. The zero-order valence-electron chi connectivity index (χ0n) is 19.7. The summed E-state index contributed by atoms with van der Waals surface area (Å²) in [6, 6.07) is -1.30. The van der Waals surface area contributed by atoms with Gasteiger partial charge in [0, 0.05) is 13.7 Å². The fourth-order valence-electron chi connectivity index (χ4n) is 4.48. The third-order valence-electron chi connectivity index (χ3n) is 6.32. The fraction of sp³-hybridized carbons (Fsp3) is 0.950. The van der Waals surface area contributed by atoms with Gasteiger partial charge in [0.25, 0.3) is 0 Å². The molecule has 200 valence electrons. The van der Waals surface area contributed by atoms with Gasteiger partial charge in [-0.25, -0.2) is 4.57 Å². The lowest BCUT2D eigenvalue weighted by Crippen LogP contribution is -2.65. The molecule has 0 aromatic heterocycles. The van der Waals surface area contributed by atoms with Crippen molar-refractivity contribution in [3.8, 4) is 0 Å². The van der Waals surface area contributed by atoms with Crippen LogP contribution in [0, 0.1) is 5.92 Å². The maximum Gasteiger partial charge on any atom is 0.470 e. The molecule has 0 aromatic carbocycles. The third kappa shape index (κ3) is 8.85. The number of thioether (sulfide) groups is 1. The molecule has 2 heterocycles. The number of amides is 1. The topological polar surface area (TPSA) is 167 Å². The van der Waals surface area contributed by atoms with E-state index in [1.165, 1.54) is 0 Å². The van der Waals surface area contributed by atoms with E-state index in [1.54, 1.807) is 20.3 Å². The Kier molecular flexibility index (Phi) is 12.5. The first-order valence-corrected chi connectivity index (χ1v) is 14.7. The Labute approximate surface area is 209 Å². The molecule has 2 aliphatic heterocycles. The number of methoxy groups -OCH3 is 1. The summed E-state index contributed by atoms with van der Waals surface area (Å²) in [5.41, 5.74) is -1.00. The molecule has 0 spiro atoms. The van der Waals surface area contributed by atoms with E-state index in [4.69, 9.17) is 30.9 Å². The van der Waals surface area contributed by atoms with Gasteiger partial charge in [0.2, 0.25) is 5.91 Å². The van der Waals surface area contributed by atoms with Crippen molar-refractivity contribution in [3.63, 3.8) is 0 Å². The number of carbonyl (C=O) groups excluding carboxylic acids is 1. The molecule has 0 aromatic rings. The van der Waals surface area contributed by atoms with Gasteiger partial charge in [0.15, 0.2) is 0 Å². The Bertz CT molecular complexity index is 686. The van der Waals surface area contributed by atoms with Crippen molar-refractivity contribution in [1.29, 1.82) is 0 Å². The average Bonchev–Trinajstić information content (AvgIpc) is 3.01. The van der Waals surface area contributed by atoms with Crippen molar-refractivity contribution in [2.45, 2.75) is 86.3 Å². The quantitative estimate of drug-likeness (QED) is 0.121. The van der Waals surface area contributed by atoms with E-state index in [1.807, 2.05) is 0 Å². The minimum atomic E-state index is -4.95. The highest BCUT2D eigenvalue weighted by atomic mass is 35.5. The summed E-state index contributed by atoms with van der Waals surface area (Å²) < 4.78 is 26.9. The molecule has 0 aliphatic carbocycles. The molecule has 2 fully saturated rings. The summed E-state index contributed by atoms with van der Waals surface area (Å²) in [6.07, 6.45) is 0.291. The normalized spacial score (nSPS) is 34.8. The van der Waals surface area contributed by atoms with Crippen molar-refractivity contribution >= 4 is 37.1 Å². The predicted molar refractivity (Wildman–Crippen MR) is 129 cm³/mol. The number of alkyl halides is 1. The first-order chi connectivity index (χ1) is 16.0. The Morgan fingerprint density at radius 2 is 2.00 bits per heavy atom. The minimum absolute atomic E-state index is 0.283. The van der Waals surface area contributed by atoms with Crippen LogP contribution in [0.3, 0.4) is 0 Å². The summed E-state index contributed by atoms with van der Waals surface area (Å²) in [5, 5.41) is 26.7. The lowest BCUT2D eigenvalue weighted by molar-refractivity contribution is -0.201. The van der Waals surface area contributed by atoms with E-state index < -0.39 is 55.1 Å². The van der Waals surface area contributed by atoms with Crippen LogP contribution in [0.1, 0.15) is 39.0 Å². The molecule has 2 rings (SSSR count). The molecule has 2 aliphatic rings. The number of hydrogen-bond acceptors (Lipinski definition) is 9. The van der Waals surface area contributed by atoms with Gasteiger partial charge in [0.1, 0.15) is 29.9 Å². The van der Waals surface area contributed by atoms with Gasteiger partial charge in [0.05, 0.1) is 17.5 Å². The number of rotatable bonds is 11. The Morgan fingerprint density at radius 3 is 2.59 bits per heavy atom. The highest BCUT2D eigenvalue weighted by Gasteiger charge is 2.51. The van der Waals surface area contributed by atoms with Crippen molar-refractivity contribution in [2.75, 3.05) is 26.5 Å². The number of nitrogens with one attached hydrogen (secondary N) is 2. The zero-order valence-corrected chi connectivity index (χ0v) is 22.2. The molecule has 0 unspecified atom stereocenters. The van der Waals surface area contributed by atoms with Gasteiger partial charge in [-0.2, -0.15) is 0 Å². The van der Waals surface area contributed by atoms with E-state index >= 15 is 0 Å². The maximum atomic E-state index is 13.1. The number of carbonyl (C=O) groups is 1. The molecule has 6 N–H and O–H groups in total. The second kappa shape index (κ2) is 14.1. The highest BCUT2D eigenvalue weighted by Crippen LogP contribution is 2.43. The van der Waals surface area contributed by atoms with Crippen LogP contribution in [0.2, 0.25) is 0 Å². The summed E-state index contributed by atoms with van der Waals surface area (Å²) in [7, 11) is -3.26. The average molecular weight is 549 g/mol. The Morgan fingerprint density at radius 1 is 1.29 bits per heavy atom. The number of halogens is 1. The van der Waals surface area contributed by atoms with Gasteiger partial charge in [-0.1, -0.05) is 0 Å². The van der Waals surface area contributed by atoms with Crippen molar-refractivity contribution in [2.24, 2.45) is 5.92 Å². The standard InChI is InChI=1S/C20H38ClN2O9PS/c1-11(21)14(17-15(24)16(25)18(20(31-17)34-3)32-33(27,28)29)23-19(26)13-7-6-12(8-9-22-13)5-4-10-30-2/h11-18,20,22,24-25H,4-10H2,1-3H3,(H,23,26)(H2,27,28,29)/t11-,12-,13-,14+,15+,16-,17+,18+,20+/m0/s1. The first-order valence-electron chi connectivity index (χ1n) is 11.4. The number of phosphoric ester groups is 1. The molecule has 0 saturated carbocycles. The number of aliphatic hydroxyl groups is 2. The van der Waals surface area contributed by atoms with Crippen molar-refractivity contribution in [1.82, 2.24) is 10.6 Å². The smallest absolute Gasteiger partial charge is 0.388 e. The predicted octanol–water partition coefficient (Wildman–Crippen LogP) is 0.571. The molecular weight excluding hydrogens is 511 g/mol. The van der Waals surface area contributed by atoms with Crippen LogP contribution >= 0.6 is 31.2 Å². The summed E-state index contributed by atoms with van der Waals surface area (Å²) >= 11 is 7.40. The third-order valence-corrected chi connectivity index (χ3v) is 7.95. The summed E-state index contributed by atoms with van der Waals surface area (Å²) in [4.78, 5) is 31.4. The molecule has 11 nitrogen and oxygen atoms in total. The number of hydrogen-bond donors (Lipinski definition) is 6. The van der Waals surface area contributed by atoms with E-state index in [9.17, 15) is 19.6 Å². The van der Waals surface area contributed by atoms with E-state index in [0.717, 1.165) is 44.1 Å². The number of ether oxygens (including phenoxy) is 2. The number of aliphatic hydroxyl groups excluding tert-OH is 2. The van der Waals surface area contributed by atoms with Crippen molar-refractivity contribution in [3.05, 3.63) is 0 Å². The molecule has 0 bridgehead atoms. The molecular formula is C20H38ClN2O9PS. The molecule has 0 radical (unpaired) electrons. The van der Waals surface area contributed by atoms with Gasteiger partial charge < -0.3 is 40.1 Å². The van der Waals surface area contributed by atoms with Crippen molar-refractivity contribution < 1.29 is 43.4 Å². The SMILES string of the molecule is COCCC[C@@H]1CCN[C@H](C(=O)N[C@@H]([C@H]2O[C@H](SC)[C@H](OP(=O)(O)O)[C@@H](O)[C@H]2O)[C@H](C)Cl)CC1. The van der Waals surface area contributed by atoms with E-state index in [0.29, 0.717) is 18.9 Å². The van der Waals surface area contributed by atoms with Crippen LogP contribution in [0.4, 0.5) is 0 Å². The lowest BCUT2D eigenvalue weighted by Gasteiger charge is -2.45. The molecule has 9 atom stereocenters. The monoisotopic (exact) mass is 548 g/mol. The van der Waals surface area contributed by atoms with Crippen LogP contribution in [0.15, 0.2) is 0 Å². The van der Waals surface area contributed by atoms with Gasteiger partial charge in [-0.3, -0.25) is 9.32 Å². The second-order valence-corrected chi connectivity index (χ2v) is 11.6. The van der Waals surface area contributed by atoms with Crippen LogP contribution < -0.4 is 10.6 Å². The van der Waals surface area contributed by atoms with Crippen LogP contribution in [0.5, 0.6) is 0 Å². The maximum absolute atomic E-state index is 13.1.